The molecule has 0 spiro atoms. The van der Waals surface area contributed by atoms with Crippen LogP contribution in [0.2, 0.25) is 0 Å². The van der Waals surface area contributed by atoms with Crippen molar-refractivity contribution in [3.63, 3.8) is 0 Å². The van der Waals surface area contributed by atoms with Gasteiger partial charge in [-0.1, -0.05) is 0 Å². The Morgan fingerprint density at radius 1 is 1.26 bits per heavy atom. The summed E-state index contributed by atoms with van der Waals surface area (Å²) in [5, 5.41) is 6.69. The summed E-state index contributed by atoms with van der Waals surface area (Å²) in [4.78, 5) is 15.8. The lowest BCUT2D eigenvalue weighted by Gasteiger charge is -2.29. The number of carbonyl (C=O) groups is 1. The average Bonchev–Trinajstić information content (AvgIpc) is 2.39. The third-order valence-corrected chi connectivity index (χ3v) is 3.78. The van der Waals surface area contributed by atoms with Gasteiger partial charge in [-0.2, -0.15) is 0 Å². The highest BCUT2D eigenvalue weighted by atomic mass is 16.1. The fourth-order valence-corrected chi connectivity index (χ4v) is 2.59. The van der Waals surface area contributed by atoms with Gasteiger partial charge in [0.2, 0.25) is 0 Å². The molecule has 1 fully saturated rings. The number of carbonyl (C=O) groups excluding carboxylic acids is 1. The molecule has 0 aliphatic heterocycles. The van der Waals surface area contributed by atoms with Crippen molar-refractivity contribution in [2.24, 2.45) is 5.73 Å². The quantitative estimate of drug-likeness (QED) is 0.767. The topological polar surface area (TPSA) is 80.0 Å². The lowest BCUT2D eigenvalue weighted by Crippen LogP contribution is -2.35. The number of hydrogen-bond acceptors (Lipinski definition) is 4. The number of anilines is 1. The minimum Gasteiger partial charge on any atom is -0.367 e. The molecule has 19 heavy (non-hydrogen) atoms. The van der Waals surface area contributed by atoms with Crippen molar-refractivity contribution in [2.75, 3.05) is 12.4 Å². The molecule has 1 aliphatic carbocycles. The van der Waals surface area contributed by atoms with E-state index in [2.05, 4.69) is 15.6 Å². The Morgan fingerprint density at radius 3 is 2.47 bits per heavy atom. The van der Waals surface area contributed by atoms with Crippen molar-refractivity contribution in [1.29, 1.82) is 0 Å². The molecule has 5 heteroatoms. The molecule has 0 aromatic carbocycles. The molecule has 1 saturated carbocycles. The first kappa shape index (κ1) is 13.8. The van der Waals surface area contributed by atoms with Gasteiger partial charge in [-0.3, -0.25) is 4.79 Å². The number of nitrogens with one attached hydrogen (secondary N) is 2. The molecule has 104 valence electrons. The van der Waals surface area contributed by atoms with Crippen molar-refractivity contribution in [1.82, 2.24) is 10.3 Å². The standard InChI is InChI=1S/C14H22N4O/c1-9-3-8-12(13(15)19)14(17-9)18-11-6-4-10(16-2)5-7-11/h3,8,10-11,16H,4-7H2,1-2H3,(H2,15,19)(H,17,18). The Labute approximate surface area is 114 Å². The van der Waals surface area contributed by atoms with E-state index in [0.717, 1.165) is 31.4 Å². The highest BCUT2D eigenvalue weighted by molar-refractivity contribution is 5.97. The van der Waals surface area contributed by atoms with Crippen LogP contribution in [0, 0.1) is 6.92 Å². The second-order valence-corrected chi connectivity index (χ2v) is 5.19. The van der Waals surface area contributed by atoms with Gasteiger partial charge in [0.1, 0.15) is 5.82 Å². The minimum atomic E-state index is -0.432. The lowest BCUT2D eigenvalue weighted by molar-refractivity contribution is 0.100. The molecule has 0 saturated heterocycles. The van der Waals surface area contributed by atoms with Gasteiger partial charge in [-0.15, -0.1) is 0 Å². The summed E-state index contributed by atoms with van der Waals surface area (Å²) in [6.07, 6.45) is 4.45. The van der Waals surface area contributed by atoms with Gasteiger partial charge in [0.15, 0.2) is 0 Å². The fraction of sp³-hybridized carbons (Fsp3) is 0.571. The predicted octanol–water partition coefficient (Wildman–Crippen LogP) is 1.43. The van der Waals surface area contributed by atoms with Gasteiger partial charge in [0.25, 0.3) is 5.91 Å². The molecule has 1 aromatic rings. The van der Waals surface area contributed by atoms with E-state index in [9.17, 15) is 4.79 Å². The molecule has 1 aliphatic rings. The van der Waals surface area contributed by atoms with E-state index < -0.39 is 5.91 Å². The number of rotatable bonds is 4. The van der Waals surface area contributed by atoms with Crippen LogP contribution in [0.25, 0.3) is 0 Å². The van der Waals surface area contributed by atoms with E-state index in [1.807, 2.05) is 20.0 Å². The van der Waals surface area contributed by atoms with Crippen LogP contribution < -0.4 is 16.4 Å². The maximum atomic E-state index is 11.4. The number of aryl methyl sites for hydroxylation is 1. The SMILES string of the molecule is CNC1CCC(Nc2nc(C)ccc2C(N)=O)CC1. The van der Waals surface area contributed by atoms with E-state index >= 15 is 0 Å². The zero-order valence-electron chi connectivity index (χ0n) is 11.6. The van der Waals surface area contributed by atoms with E-state index in [1.165, 1.54) is 0 Å². The summed E-state index contributed by atoms with van der Waals surface area (Å²) in [7, 11) is 2.01. The van der Waals surface area contributed by atoms with Crippen molar-refractivity contribution in [3.05, 3.63) is 23.4 Å². The normalized spacial score (nSPS) is 23.1. The summed E-state index contributed by atoms with van der Waals surface area (Å²) in [6.45, 7) is 1.91. The number of nitrogens with two attached hydrogens (primary N) is 1. The summed E-state index contributed by atoms with van der Waals surface area (Å²) in [6, 6.07) is 4.53. The van der Waals surface area contributed by atoms with Gasteiger partial charge < -0.3 is 16.4 Å². The largest absolute Gasteiger partial charge is 0.367 e. The van der Waals surface area contributed by atoms with Crippen LogP contribution in [0.15, 0.2) is 12.1 Å². The first-order chi connectivity index (χ1) is 9.10. The molecule has 1 amide bonds. The Balaban J connectivity index is 2.06. The first-order valence-electron chi connectivity index (χ1n) is 6.81. The number of pyridine rings is 1. The fourth-order valence-electron chi connectivity index (χ4n) is 2.59. The number of aromatic nitrogens is 1. The van der Waals surface area contributed by atoms with Crippen LogP contribution in [-0.4, -0.2) is 30.0 Å². The highest BCUT2D eigenvalue weighted by Gasteiger charge is 2.21. The Kier molecular flexibility index (Phi) is 4.37. The van der Waals surface area contributed by atoms with Crippen molar-refractivity contribution in [2.45, 2.75) is 44.7 Å². The van der Waals surface area contributed by atoms with Crippen LogP contribution in [-0.2, 0) is 0 Å². The smallest absolute Gasteiger partial charge is 0.252 e. The van der Waals surface area contributed by atoms with Crippen LogP contribution in [0.5, 0.6) is 0 Å². The molecule has 0 radical (unpaired) electrons. The van der Waals surface area contributed by atoms with Crippen LogP contribution in [0.4, 0.5) is 5.82 Å². The molecule has 0 bridgehead atoms. The zero-order chi connectivity index (χ0) is 13.8. The third kappa shape index (κ3) is 3.44. The summed E-state index contributed by atoms with van der Waals surface area (Å²) < 4.78 is 0. The molecule has 5 nitrogen and oxygen atoms in total. The Bertz CT molecular complexity index is 453. The Morgan fingerprint density at radius 2 is 1.89 bits per heavy atom. The number of amides is 1. The van der Waals surface area contributed by atoms with E-state index in [-0.39, 0.29) is 0 Å². The monoisotopic (exact) mass is 262 g/mol. The molecule has 1 aromatic heterocycles. The molecule has 4 N–H and O–H groups in total. The van der Waals surface area contributed by atoms with E-state index in [1.54, 1.807) is 6.07 Å². The molecule has 2 rings (SSSR count). The summed E-state index contributed by atoms with van der Waals surface area (Å²) in [5.41, 5.74) is 6.74. The molecule has 1 heterocycles. The number of hydrogen-bond donors (Lipinski definition) is 3. The number of nitrogens with zero attached hydrogens (tertiary/aromatic N) is 1. The van der Waals surface area contributed by atoms with Gasteiger partial charge in [-0.25, -0.2) is 4.98 Å². The molecule has 0 unspecified atom stereocenters. The molecular formula is C14H22N4O. The van der Waals surface area contributed by atoms with E-state index in [0.29, 0.717) is 23.5 Å². The van der Waals surface area contributed by atoms with E-state index in [4.69, 9.17) is 5.73 Å². The van der Waals surface area contributed by atoms with Gasteiger partial charge >= 0.3 is 0 Å². The van der Waals surface area contributed by atoms with Crippen LogP contribution >= 0.6 is 0 Å². The summed E-state index contributed by atoms with van der Waals surface area (Å²) in [5.74, 6) is 0.194. The maximum Gasteiger partial charge on any atom is 0.252 e. The maximum absolute atomic E-state index is 11.4. The van der Waals surface area contributed by atoms with Crippen molar-refractivity contribution >= 4 is 11.7 Å². The van der Waals surface area contributed by atoms with Crippen LogP contribution in [0.3, 0.4) is 0 Å². The third-order valence-electron chi connectivity index (χ3n) is 3.78. The van der Waals surface area contributed by atoms with Crippen LogP contribution in [0.1, 0.15) is 41.7 Å². The van der Waals surface area contributed by atoms with Crippen molar-refractivity contribution < 1.29 is 4.79 Å². The highest BCUT2D eigenvalue weighted by Crippen LogP contribution is 2.23. The summed E-state index contributed by atoms with van der Waals surface area (Å²) >= 11 is 0. The minimum absolute atomic E-state index is 0.372. The van der Waals surface area contributed by atoms with Gasteiger partial charge in [0.05, 0.1) is 5.56 Å². The second-order valence-electron chi connectivity index (χ2n) is 5.19. The average molecular weight is 262 g/mol. The zero-order valence-corrected chi connectivity index (χ0v) is 11.6. The van der Waals surface area contributed by atoms with Crippen molar-refractivity contribution in [3.8, 4) is 0 Å². The molecular weight excluding hydrogens is 240 g/mol. The predicted molar refractivity (Wildman–Crippen MR) is 76.2 cm³/mol. The lowest BCUT2D eigenvalue weighted by atomic mass is 9.91. The first-order valence-corrected chi connectivity index (χ1v) is 6.81. The Hall–Kier alpha value is -1.62. The van der Waals surface area contributed by atoms with Gasteiger partial charge in [0, 0.05) is 17.8 Å². The number of primary amides is 1. The molecule has 0 atom stereocenters. The second kappa shape index (κ2) is 6.02. The van der Waals surface area contributed by atoms with Gasteiger partial charge in [-0.05, 0) is 51.8 Å².